The Hall–Kier alpha value is -2.11. The minimum atomic E-state index is -0.635. The number of nitrogens with one attached hydrogen (secondary N) is 1. The van der Waals surface area contributed by atoms with Crippen molar-refractivity contribution in [3.8, 4) is 0 Å². The van der Waals surface area contributed by atoms with Gasteiger partial charge in [0.1, 0.15) is 4.91 Å². The summed E-state index contributed by atoms with van der Waals surface area (Å²) in [5, 5.41) is 10.1. The van der Waals surface area contributed by atoms with Gasteiger partial charge in [-0.05, 0) is 24.1 Å². The molecule has 0 saturated carbocycles. The predicted octanol–water partition coefficient (Wildman–Crippen LogP) is 1.08. The minimum absolute atomic E-state index is 0.0841. The van der Waals surface area contributed by atoms with E-state index in [0.717, 1.165) is 12.0 Å². The second kappa shape index (κ2) is 6.47. The highest BCUT2D eigenvalue weighted by Gasteiger charge is 2.07. The fourth-order valence-electron chi connectivity index (χ4n) is 1.32. The van der Waals surface area contributed by atoms with Gasteiger partial charge in [0.25, 0.3) is 5.91 Å². The first-order valence-corrected chi connectivity index (χ1v) is 5.29. The van der Waals surface area contributed by atoms with Crippen molar-refractivity contribution >= 4 is 5.91 Å². The zero-order valence-corrected chi connectivity index (χ0v) is 9.55. The largest absolute Gasteiger partial charge is 0.475 e. The van der Waals surface area contributed by atoms with Crippen LogP contribution in [0.15, 0.2) is 24.3 Å². The van der Waals surface area contributed by atoms with Gasteiger partial charge in [-0.15, -0.1) is 0 Å². The maximum Gasteiger partial charge on any atom is 0.475 e. The Balaban J connectivity index is 2.43. The van der Waals surface area contributed by atoms with E-state index in [-0.39, 0.29) is 19.1 Å². The highest BCUT2D eigenvalue weighted by molar-refractivity contribution is 5.94. The van der Waals surface area contributed by atoms with Gasteiger partial charge in [-0.25, -0.2) is 5.21 Å². The molecule has 0 fully saturated rings. The molecule has 6 heteroatoms. The Kier molecular flexibility index (Phi) is 4.93. The van der Waals surface area contributed by atoms with Crippen molar-refractivity contribution in [1.82, 2.24) is 5.32 Å². The summed E-state index contributed by atoms with van der Waals surface area (Å²) in [6, 6.07) is 7.28. The maximum atomic E-state index is 11.6. The van der Waals surface area contributed by atoms with Crippen molar-refractivity contribution in [1.29, 1.82) is 0 Å². The van der Waals surface area contributed by atoms with Crippen molar-refractivity contribution in [2.45, 2.75) is 13.3 Å². The quantitative estimate of drug-likeness (QED) is 0.575. The average molecular weight is 239 g/mol. The van der Waals surface area contributed by atoms with Crippen LogP contribution in [0.1, 0.15) is 22.8 Å². The first-order chi connectivity index (χ1) is 8.13. The highest BCUT2D eigenvalue weighted by Crippen LogP contribution is 2.05. The number of benzene rings is 1. The van der Waals surface area contributed by atoms with Crippen molar-refractivity contribution in [3.63, 3.8) is 0 Å². The molecule has 1 rings (SSSR count). The zero-order valence-electron chi connectivity index (χ0n) is 9.55. The van der Waals surface area contributed by atoms with E-state index < -0.39 is 5.09 Å². The summed E-state index contributed by atoms with van der Waals surface area (Å²) in [5.74, 6) is -0.237. The van der Waals surface area contributed by atoms with Crippen molar-refractivity contribution in [3.05, 3.63) is 40.3 Å². The van der Waals surface area contributed by atoms with Gasteiger partial charge >= 0.3 is 5.09 Å². The second-order valence-corrected chi connectivity index (χ2v) is 3.38. The molecule has 1 amide bonds. The van der Waals surface area contributed by atoms with Crippen LogP contribution in [0.5, 0.6) is 0 Å². The third-order valence-electron chi connectivity index (χ3n) is 2.19. The smallest absolute Gasteiger partial charge is 0.348 e. The number of carbonyl (C=O) groups is 1. The van der Waals surface area contributed by atoms with E-state index in [2.05, 4.69) is 10.2 Å². The number of carbonyl (C=O) groups excluding carboxylic acids is 1. The van der Waals surface area contributed by atoms with E-state index in [1.54, 1.807) is 6.07 Å². The molecule has 6 nitrogen and oxygen atoms in total. The van der Waals surface area contributed by atoms with E-state index in [9.17, 15) is 9.70 Å². The van der Waals surface area contributed by atoms with Gasteiger partial charge < -0.3 is 5.32 Å². The van der Waals surface area contributed by atoms with Gasteiger partial charge in [0, 0.05) is 5.56 Å². The lowest BCUT2D eigenvalue weighted by Crippen LogP contribution is -2.28. The van der Waals surface area contributed by atoms with E-state index in [0.29, 0.717) is 5.56 Å². The fourth-order valence-corrected chi connectivity index (χ4v) is 1.32. The Morgan fingerprint density at radius 3 is 2.94 bits per heavy atom. The molecule has 2 N–H and O–H groups in total. The lowest BCUT2D eigenvalue weighted by Gasteiger charge is -2.04. The zero-order chi connectivity index (χ0) is 12.7. The van der Waals surface area contributed by atoms with E-state index in [4.69, 9.17) is 5.21 Å². The van der Waals surface area contributed by atoms with Crippen LogP contribution in [-0.4, -0.2) is 29.4 Å². The van der Waals surface area contributed by atoms with Crippen LogP contribution in [0.25, 0.3) is 0 Å². The molecule has 0 aliphatic rings. The Morgan fingerprint density at radius 1 is 1.53 bits per heavy atom. The number of hydrogen-bond donors (Lipinski definition) is 2. The molecule has 0 bridgehead atoms. The number of rotatable bonds is 6. The summed E-state index contributed by atoms with van der Waals surface area (Å²) >= 11 is 0. The van der Waals surface area contributed by atoms with Crippen LogP contribution in [0.2, 0.25) is 0 Å². The third-order valence-corrected chi connectivity index (χ3v) is 2.19. The molecule has 0 heterocycles. The normalized spacial score (nSPS) is 9.71. The molecule has 0 spiro atoms. The summed E-state index contributed by atoms with van der Waals surface area (Å²) in [5.41, 5.74) is 1.64. The van der Waals surface area contributed by atoms with E-state index in [1.165, 1.54) is 0 Å². The molecule has 1 aromatic carbocycles. The molecule has 0 aliphatic carbocycles. The Labute approximate surface area is 98.7 Å². The van der Waals surface area contributed by atoms with Crippen LogP contribution in [0.3, 0.4) is 0 Å². The first-order valence-electron chi connectivity index (χ1n) is 5.29. The topological polar surface area (TPSA) is 78.6 Å². The molecular formula is C11H15N2O4+. The molecule has 0 unspecified atom stereocenters. The molecule has 0 radical (unpaired) electrons. The van der Waals surface area contributed by atoms with Crippen LogP contribution in [-0.2, 0) is 11.3 Å². The van der Waals surface area contributed by atoms with Gasteiger partial charge in [0.15, 0.2) is 6.61 Å². The summed E-state index contributed by atoms with van der Waals surface area (Å²) in [6.45, 7) is 2.07. The van der Waals surface area contributed by atoms with Gasteiger partial charge in [0.05, 0.1) is 6.54 Å². The lowest BCUT2D eigenvalue weighted by molar-refractivity contribution is -0.975. The number of aryl methyl sites for hydroxylation is 1. The van der Waals surface area contributed by atoms with Crippen LogP contribution >= 0.6 is 0 Å². The maximum absolute atomic E-state index is 11.6. The molecule has 92 valence electrons. The van der Waals surface area contributed by atoms with Crippen LogP contribution in [0, 0.1) is 4.91 Å². The summed E-state index contributed by atoms with van der Waals surface area (Å²) in [6.07, 6.45) is 0.861. The molecule has 0 saturated heterocycles. The van der Waals surface area contributed by atoms with E-state index in [1.807, 2.05) is 25.1 Å². The molecule has 0 aromatic heterocycles. The third kappa shape index (κ3) is 4.50. The van der Waals surface area contributed by atoms with Gasteiger partial charge in [-0.1, -0.05) is 19.1 Å². The van der Waals surface area contributed by atoms with Crippen LogP contribution < -0.4 is 5.32 Å². The number of nitrogens with zero attached hydrogens (tertiary/aromatic N) is 1. The van der Waals surface area contributed by atoms with E-state index >= 15 is 0 Å². The van der Waals surface area contributed by atoms with Gasteiger partial charge in [0.2, 0.25) is 0 Å². The second-order valence-electron chi connectivity index (χ2n) is 3.38. The van der Waals surface area contributed by atoms with Crippen molar-refractivity contribution < 1.29 is 19.9 Å². The van der Waals surface area contributed by atoms with Crippen molar-refractivity contribution in [2.24, 2.45) is 0 Å². The number of hydrogen-bond acceptors (Lipinski definition) is 3. The Bertz CT molecular complexity index is 406. The first kappa shape index (κ1) is 13.0. The molecule has 0 atom stereocenters. The van der Waals surface area contributed by atoms with Gasteiger partial charge in [-0.3, -0.25) is 4.79 Å². The van der Waals surface area contributed by atoms with Crippen molar-refractivity contribution in [2.75, 3.05) is 13.2 Å². The number of amides is 1. The minimum Gasteiger partial charge on any atom is -0.348 e. The average Bonchev–Trinajstić information content (AvgIpc) is 2.34. The molecular weight excluding hydrogens is 224 g/mol. The standard InChI is InChI=1S/C11H14N2O4/c1-2-9-4-3-5-10(8-9)11(14)12-6-7-17-13(15)16/h3-5,8H,2,6-7H2,1H3,(H-,12,14,15,16)/p+1. The predicted molar refractivity (Wildman–Crippen MR) is 59.5 cm³/mol. The fraction of sp³-hybridized carbons (Fsp3) is 0.364. The molecule has 1 aromatic rings. The monoisotopic (exact) mass is 239 g/mol. The van der Waals surface area contributed by atoms with Crippen LogP contribution in [0.4, 0.5) is 0 Å². The summed E-state index contributed by atoms with van der Waals surface area (Å²) in [7, 11) is 0. The summed E-state index contributed by atoms with van der Waals surface area (Å²) < 4.78 is 0. The highest BCUT2D eigenvalue weighted by atomic mass is 16.9. The Morgan fingerprint density at radius 2 is 2.29 bits per heavy atom. The molecule has 17 heavy (non-hydrogen) atoms. The van der Waals surface area contributed by atoms with Gasteiger partial charge in [-0.2, -0.15) is 4.84 Å². The summed E-state index contributed by atoms with van der Waals surface area (Å²) in [4.78, 5) is 25.8. The SMILES string of the molecule is CCc1cccc(C(=O)NCCO[N+](=O)O)c1. The molecule has 0 aliphatic heterocycles. The lowest BCUT2D eigenvalue weighted by atomic mass is 10.1.